The lowest BCUT2D eigenvalue weighted by Gasteiger charge is -2.22. The number of aromatic nitrogens is 2. The molecule has 2 aliphatic heterocycles. The van der Waals surface area contributed by atoms with Gasteiger partial charge in [0.1, 0.15) is 12.2 Å². The summed E-state index contributed by atoms with van der Waals surface area (Å²) in [6.45, 7) is 0.173. The minimum Gasteiger partial charge on any atom is -0.382 e. The van der Waals surface area contributed by atoms with Crippen LogP contribution in [0.4, 0.5) is 15.9 Å². The van der Waals surface area contributed by atoms with Crippen LogP contribution < -0.4 is 11.0 Å². The van der Waals surface area contributed by atoms with Crippen molar-refractivity contribution in [3.63, 3.8) is 0 Å². The zero-order valence-electron chi connectivity index (χ0n) is 14.2. The third-order valence-corrected chi connectivity index (χ3v) is 5.52. The molecule has 1 aromatic carbocycles. The number of ether oxygens (including phenoxy) is 3. The largest absolute Gasteiger partial charge is 0.382 e. The molecular weight excluding hydrogens is 361 g/mol. The first-order valence-corrected chi connectivity index (χ1v) is 8.92. The molecule has 0 spiro atoms. The number of nitrogens with zero attached hydrogens (tertiary/aromatic N) is 2. The van der Waals surface area contributed by atoms with Crippen LogP contribution in [0.1, 0.15) is 6.23 Å². The molecule has 3 heterocycles. The predicted octanol–water partition coefficient (Wildman–Crippen LogP) is 2.35. The first-order valence-electron chi connectivity index (χ1n) is 8.10. The van der Waals surface area contributed by atoms with Gasteiger partial charge in [-0.1, -0.05) is 23.9 Å². The van der Waals surface area contributed by atoms with Crippen molar-refractivity contribution in [1.82, 2.24) is 9.55 Å². The molecule has 0 aliphatic carbocycles. The van der Waals surface area contributed by atoms with Gasteiger partial charge in [0.15, 0.2) is 18.2 Å². The number of anilines is 2. The van der Waals surface area contributed by atoms with Crippen LogP contribution >= 0.6 is 11.8 Å². The zero-order valence-corrected chi connectivity index (χ0v) is 15.0. The van der Waals surface area contributed by atoms with Gasteiger partial charge >= 0.3 is 5.69 Å². The molecule has 0 amide bonds. The molecule has 4 rings (SSSR count). The molecule has 1 saturated heterocycles. The number of hydrogen-bond acceptors (Lipinski definition) is 7. The van der Waals surface area contributed by atoms with Crippen molar-refractivity contribution in [1.29, 1.82) is 0 Å². The molecule has 2 aromatic rings. The molecular formula is C17H18FN3O4S. The number of hydrogen-bond donors (Lipinski definition) is 1. The molecule has 2 aliphatic rings. The van der Waals surface area contributed by atoms with Gasteiger partial charge in [-0.2, -0.15) is 4.98 Å². The summed E-state index contributed by atoms with van der Waals surface area (Å²) < 4.78 is 32.0. The zero-order chi connectivity index (χ0) is 18.3. The first-order chi connectivity index (χ1) is 12.6. The van der Waals surface area contributed by atoms with E-state index in [9.17, 15) is 9.18 Å². The van der Waals surface area contributed by atoms with E-state index in [1.54, 1.807) is 6.20 Å². The van der Waals surface area contributed by atoms with Crippen LogP contribution in [-0.2, 0) is 14.2 Å². The molecule has 7 nitrogen and oxygen atoms in total. The Hall–Kier alpha value is -1.94. The number of fused-ring (bicyclic) bond motifs is 2. The summed E-state index contributed by atoms with van der Waals surface area (Å²) in [5, 5.41) is 3.13. The summed E-state index contributed by atoms with van der Waals surface area (Å²) in [5.41, 5.74) is 0.298. The van der Waals surface area contributed by atoms with Crippen molar-refractivity contribution < 1.29 is 18.6 Å². The predicted molar refractivity (Wildman–Crippen MR) is 93.8 cm³/mol. The molecule has 1 fully saturated rings. The Balaban J connectivity index is 1.68. The maximum atomic E-state index is 14.8. The smallest absolute Gasteiger partial charge is 0.351 e. The van der Waals surface area contributed by atoms with Crippen LogP contribution in [-0.4, -0.2) is 48.8 Å². The second-order valence-corrected chi connectivity index (χ2v) is 7.12. The molecule has 138 valence electrons. The topological polar surface area (TPSA) is 74.6 Å². The monoisotopic (exact) mass is 379 g/mol. The fourth-order valence-electron chi connectivity index (χ4n) is 3.20. The van der Waals surface area contributed by atoms with Crippen LogP contribution in [0.25, 0.3) is 0 Å². The Bertz CT molecular complexity index is 877. The molecule has 0 radical (unpaired) electrons. The number of alkyl halides is 1. The lowest BCUT2D eigenvalue weighted by atomic mass is 10.1. The quantitative estimate of drug-likeness (QED) is 0.746. The van der Waals surface area contributed by atoms with Gasteiger partial charge in [-0.05, 0) is 12.1 Å². The normalized spacial score (nSPS) is 26.9. The summed E-state index contributed by atoms with van der Waals surface area (Å²) in [6.07, 6.45) is -2.44. The minimum absolute atomic E-state index is 0.173. The summed E-state index contributed by atoms with van der Waals surface area (Å²) >= 11 is 1.46. The fourth-order valence-corrected chi connectivity index (χ4v) is 4.17. The highest BCUT2D eigenvalue weighted by Gasteiger charge is 2.47. The summed E-state index contributed by atoms with van der Waals surface area (Å²) in [5.74, 6) is 0.458. The molecule has 26 heavy (non-hydrogen) atoms. The Morgan fingerprint density at radius 2 is 2.15 bits per heavy atom. The van der Waals surface area contributed by atoms with Gasteiger partial charge in [-0.25, -0.2) is 9.18 Å². The van der Waals surface area contributed by atoms with Crippen LogP contribution in [0.2, 0.25) is 0 Å². The number of nitrogens with one attached hydrogen (secondary N) is 1. The Labute approximate surface area is 153 Å². The number of methoxy groups -OCH3 is 2. The van der Waals surface area contributed by atoms with E-state index in [0.29, 0.717) is 5.82 Å². The summed E-state index contributed by atoms with van der Waals surface area (Å²) in [4.78, 5) is 18.3. The van der Waals surface area contributed by atoms with E-state index in [0.717, 1.165) is 15.5 Å². The van der Waals surface area contributed by atoms with Crippen molar-refractivity contribution in [3.8, 4) is 0 Å². The standard InChI is InChI=1S/C17H18FN3O4S/c1-23-8-10-14(24-2)13(18)16(25-10)21-7-12-15(20-17(21)22)19-9-5-3-4-6-11(9)26-12/h3-7,10,13-14,16H,8H2,1-2H3,(H,19,20,22)/t10-,13?,14+,16-/m1/s1. The van der Waals surface area contributed by atoms with Crippen LogP contribution in [0.15, 0.2) is 45.0 Å². The Morgan fingerprint density at radius 3 is 2.92 bits per heavy atom. The second kappa shape index (κ2) is 6.99. The number of benzene rings is 1. The maximum absolute atomic E-state index is 14.8. The van der Waals surface area contributed by atoms with Gasteiger partial charge in [0, 0.05) is 25.3 Å². The number of halogens is 1. The lowest BCUT2D eigenvalue weighted by Crippen LogP contribution is -2.35. The highest BCUT2D eigenvalue weighted by atomic mass is 32.2. The Morgan fingerprint density at radius 1 is 1.35 bits per heavy atom. The number of rotatable bonds is 4. The molecule has 4 atom stereocenters. The van der Waals surface area contributed by atoms with Crippen molar-refractivity contribution in [2.24, 2.45) is 0 Å². The first kappa shape index (κ1) is 17.5. The van der Waals surface area contributed by atoms with E-state index < -0.39 is 30.3 Å². The minimum atomic E-state index is -1.51. The van der Waals surface area contributed by atoms with E-state index in [-0.39, 0.29) is 6.61 Å². The third kappa shape index (κ3) is 2.90. The third-order valence-electron chi connectivity index (χ3n) is 4.42. The summed E-state index contributed by atoms with van der Waals surface area (Å²) in [6, 6.07) is 7.71. The van der Waals surface area contributed by atoms with Crippen LogP contribution in [0.5, 0.6) is 0 Å². The molecule has 0 bridgehead atoms. The maximum Gasteiger partial charge on any atom is 0.351 e. The highest BCUT2D eigenvalue weighted by molar-refractivity contribution is 7.99. The fraction of sp³-hybridized carbons (Fsp3) is 0.412. The van der Waals surface area contributed by atoms with Crippen LogP contribution in [0.3, 0.4) is 0 Å². The van der Waals surface area contributed by atoms with E-state index in [2.05, 4.69) is 10.3 Å². The van der Waals surface area contributed by atoms with Crippen molar-refractivity contribution >= 4 is 23.3 Å². The van der Waals surface area contributed by atoms with E-state index in [1.165, 1.54) is 30.5 Å². The van der Waals surface area contributed by atoms with E-state index in [4.69, 9.17) is 14.2 Å². The second-order valence-electron chi connectivity index (χ2n) is 6.03. The van der Waals surface area contributed by atoms with Crippen LogP contribution in [0, 0.1) is 0 Å². The Kier molecular flexibility index (Phi) is 4.70. The molecule has 0 saturated carbocycles. The van der Waals surface area contributed by atoms with Gasteiger partial charge in [0.2, 0.25) is 0 Å². The molecule has 1 unspecified atom stereocenters. The van der Waals surface area contributed by atoms with Crippen molar-refractivity contribution in [3.05, 3.63) is 40.9 Å². The van der Waals surface area contributed by atoms with E-state index >= 15 is 0 Å². The molecule has 1 N–H and O–H groups in total. The van der Waals surface area contributed by atoms with Crippen molar-refractivity contribution in [2.75, 3.05) is 26.1 Å². The highest BCUT2D eigenvalue weighted by Crippen LogP contribution is 2.43. The number of para-hydroxylation sites is 1. The average Bonchev–Trinajstić information content (AvgIpc) is 2.95. The van der Waals surface area contributed by atoms with Gasteiger partial charge in [0.25, 0.3) is 0 Å². The van der Waals surface area contributed by atoms with Gasteiger partial charge in [-0.3, -0.25) is 4.57 Å². The van der Waals surface area contributed by atoms with Crippen molar-refractivity contribution in [2.45, 2.75) is 34.4 Å². The average molecular weight is 379 g/mol. The summed E-state index contributed by atoms with van der Waals surface area (Å²) in [7, 11) is 2.92. The molecule has 1 aromatic heterocycles. The molecule has 9 heteroatoms. The van der Waals surface area contributed by atoms with E-state index in [1.807, 2.05) is 24.3 Å². The lowest BCUT2D eigenvalue weighted by molar-refractivity contribution is -0.0626. The van der Waals surface area contributed by atoms with Gasteiger partial charge in [-0.15, -0.1) is 0 Å². The van der Waals surface area contributed by atoms with Gasteiger partial charge in [0.05, 0.1) is 17.2 Å². The van der Waals surface area contributed by atoms with Gasteiger partial charge < -0.3 is 19.5 Å². The SMILES string of the molecule is COC[C@H]1O[C@@H](n2cc3c(nc2=O)Nc2ccccc2S3)C(F)[C@H]1OC.